The lowest BCUT2D eigenvalue weighted by Crippen LogP contribution is -2.17. The van der Waals surface area contributed by atoms with Gasteiger partial charge in [-0.15, -0.1) is 0 Å². The molecule has 0 unspecified atom stereocenters. The van der Waals surface area contributed by atoms with Gasteiger partial charge < -0.3 is 0 Å². The number of rotatable bonds is 4. The van der Waals surface area contributed by atoms with Gasteiger partial charge in [0, 0.05) is 17.8 Å². The van der Waals surface area contributed by atoms with Crippen LogP contribution in [-0.4, -0.2) is 20.4 Å². The number of aromatic nitrogens is 3. The van der Waals surface area contributed by atoms with Crippen LogP contribution in [0.2, 0.25) is 0 Å². The monoisotopic (exact) mass is 308 g/mol. The van der Waals surface area contributed by atoms with Gasteiger partial charge in [0.15, 0.2) is 0 Å². The molecule has 0 N–H and O–H groups in total. The van der Waals surface area contributed by atoms with Crippen molar-refractivity contribution in [1.29, 1.82) is 0 Å². The fourth-order valence-corrected chi connectivity index (χ4v) is 2.77. The molecule has 1 aromatic carbocycles. The molecular weight excluding hydrogens is 286 g/mol. The minimum atomic E-state index is -0.280. The lowest BCUT2D eigenvalue weighted by molar-refractivity contribution is 0.0889. The van der Waals surface area contributed by atoms with E-state index in [2.05, 4.69) is 35.9 Å². The Bertz CT molecular complexity index is 868. The Balaban J connectivity index is 1.87. The molecule has 3 rings (SSSR count). The molecule has 0 spiro atoms. The zero-order chi connectivity index (χ0) is 17.3. The van der Waals surface area contributed by atoms with Crippen molar-refractivity contribution in [1.82, 2.24) is 14.5 Å². The van der Waals surface area contributed by atoms with E-state index in [9.17, 15) is 4.79 Å². The molecule has 23 heavy (non-hydrogen) atoms. The molecule has 0 aliphatic heterocycles. The second kappa shape index (κ2) is 6.32. The molecule has 2 heterocycles. The van der Waals surface area contributed by atoms with Crippen molar-refractivity contribution >= 4 is 16.9 Å². The van der Waals surface area contributed by atoms with Crippen LogP contribution in [0.5, 0.6) is 0 Å². The summed E-state index contributed by atoms with van der Waals surface area (Å²) in [6, 6.07) is 9.95. The van der Waals surface area contributed by atoms with Crippen molar-refractivity contribution in [3.05, 3.63) is 60.2 Å². The maximum absolute atomic E-state index is 12.8. The molecule has 0 aliphatic carbocycles. The van der Waals surface area contributed by atoms with Crippen molar-refractivity contribution in [3.8, 4) is 0 Å². The van der Waals surface area contributed by atoms with E-state index in [0.29, 0.717) is 17.0 Å². The first kappa shape index (κ1) is 14.1. The molecule has 0 radical (unpaired) electrons. The maximum Gasteiger partial charge on any atom is 0.239 e. The van der Waals surface area contributed by atoms with Crippen LogP contribution in [0.15, 0.2) is 49.0 Å². The summed E-state index contributed by atoms with van der Waals surface area (Å²) in [5.41, 5.74) is 2.75. The summed E-state index contributed by atoms with van der Waals surface area (Å²) >= 11 is 0. The highest BCUT2D eigenvalue weighted by Crippen LogP contribution is 2.21. The first-order valence-electron chi connectivity index (χ1n) is 8.39. The van der Waals surface area contributed by atoms with Crippen LogP contribution in [0.4, 0.5) is 0 Å². The predicted molar refractivity (Wildman–Crippen MR) is 91.6 cm³/mol. The third-order valence-electron chi connectivity index (χ3n) is 4.01. The van der Waals surface area contributed by atoms with Crippen LogP contribution in [0.3, 0.4) is 0 Å². The topological polar surface area (TPSA) is 47.8 Å². The highest BCUT2D eigenvalue weighted by atomic mass is 16.2. The molecule has 0 saturated carbocycles. The molecule has 4 heteroatoms. The van der Waals surface area contributed by atoms with Gasteiger partial charge in [-0.1, -0.05) is 38.1 Å². The predicted octanol–water partition coefficient (Wildman–Crippen LogP) is 4.07. The quantitative estimate of drug-likeness (QED) is 0.730. The van der Waals surface area contributed by atoms with E-state index in [-0.39, 0.29) is 18.0 Å². The molecule has 0 aliphatic rings. The number of hydrogen-bond acceptors (Lipinski definition) is 3. The van der Waals surface area contributed by atoms with E-state index in [0.717, 1.165) is 12.0 Å². The molecule has 0 bridgehead atoms. The number of fused-ring (bicyclic) bond motifs is 1. The van der Waals surface area contributed by atoms with Crippen molar-refractivity contribution in [2.24, 2.45) is 5.92 Å². The van der Waals surface area contributed by atoms with Gasteiger partial charge in [0.05, 0.1) is 7.29 Å². The van der Waals surface area contributed by atoms with Gasteiger partial charge in [0.1, 0.15) is 12.0 Å². The summed E-state index contributed by atoms with van der Waals surface area (Å²) < 4.78 is 9.31. The molecule has 1 atom stereocenters. The zero-order valence-electron chi connectivity index (χ0n) is 14.7. The van der Waals surface area contributed by atoms with Gasteiger partial charge >= 0.3 is 0 Å². The van der Waals surface area contributed by atoms with Crippen LogP contribution in [-0.2, 0) is 6.42 Å². The summed E-state index contributed by atoms with van der Waals surface area (Å²) in [6.45, 7) is 6.29. The smallest absolute Gasteiger partial charge is 0.239 e. The first-order chi connectivity index (χ1) is 11.5. The highest BCUT2D eigenvalue weighted by Gasteiger charge is 2.19. The van der Waals surface area contributed by atoms with Gasteiger partial charge in [-0.2, -0.15) is 0 Å². The molecule has 0 fully saturated rings. The van der Waals surface area contributed by atoms with Gasteiger partial charge in [-0.25, -0.2) is 9.97 Å². The van der Waals surface area contributed by atoms with Gasteiger partial charge in [-0.05, 0) is 36.5 Å². The minimum Gasteiger partial charge on any atom is -0.273 e. The standard InChI is InChI=1S/C19H21N3O/c1-13(2)10-15-4-6-16(7-5-15)14(3)19(23)22-9-8-17-11-20-12-21-18(17)22/h4-9,11-14H,10H2,1-3H3/t14-/m0/s1/i11D. The second-order valence-electron chi connectivity index (χ2n) is 6.31. The Morgan fingerprint density at radius 2 is 1.96 bits per heavy atom. The summed E-state index contributed by atoms with van der Waals surface area (Å²) in [7, 11) is 0. The maximum atomic E-state index is 12.8. The summed E-state index contributed by atoms with van der Waals surface area (Å²) in [6.07, 6.45) is 4.16. The van der Waals surface area contributed by atoms with Gasteiger partial charge in [0.2, 0.25) is 5.91 Å². The van der Waals surface area contributed by atoms with Crippen molar-refractivity contribution in [2.45, 2.75) is 33.1 Å². The van der Waals surface area contributed by atoms with E-state index >= 15 is 0 Å². The van der Waals surface area contributed by atoms with Crippen molar-refractivity contribution < 1.29 is 6.17 Å². The number of nitrogens with zero attached hydrogens (tertiary/aromatic N) is 3. The van der Waals surface area contributed by atoms with Gasteiger partial charge in [-0.3, -0.25) is 9.36 Å². The third-order valence-corrected chi connectivity index (χ3v) is 4.01. The van der Waals surface area contributed by atoms with Crippen LogP contribution in [0.1, 0.15) is 44.0 Å². The van der Waals surface area contributed by atoms with Crippen LogP contribution < -0.4 is 0 Å². The summed E-state index contributed by atoms with van der Waals surface area (Å²) in [5.74, 6) is 0.275. The first-order valence-corrected chi connectivity index (χ1v) is 7.89. The van der Waals surface area contributed by atoms with E-state index in [1.54, 1.807) is 12.3 Å². The molecular formula is C19H21N3O. The summed E-state index contributed by atoms with van der Waals surface area (Å²) in [4.78, 5) is 20.8. The average Bonchev–Trinajstić information content (AvgIpc) is 2.99. The molecule has 2 aromatic heterocycles. The zero-order valence-corrected chi connectivity index (χ0v) is 13.7. The van der Waals surface area contributed by atoms with Crippen LogP contribution >= 0.6 is 0 Å². The Morgan fingerprint density at radius 1 is 1.22 bits per heavy atom. The Morgan fingerprint density at radius 3 is 2.65 bits per heavy atom. The van der Waals surface area contributed by atoms with Crippen molar-refractivity contribution in [2.75, 3.05) is 0 Å². The molecule has 0 amide bonds. The number of hydrogen-bond donors (Lipinski definition) is 0. The number of carbonyl (C=O) groups is 1. The fraction of sp³-hybridized carbons (Fsp3) is 0.316. The van der Waals surface area contributed by atoms with Crippen LogP contribution in [0.25, 0.3) is 11.0 Å². The Labute approximate surface area is 137 Å². The Hall–Kier alpha value is -2.49. The minimum absolute atomic E-state index is 0.0558. The molecule has 4 nitrogen and oxygen atoms in total. The molecule has 118 valence electrons. The normalized spacial score (nSPS) is 13.3. The highest BCUT2D eigenvalue weighted by molar-refractivity contribution is 5.93. The van der Waals surface area contributed by atoms with Gasteiger partial charge in [0.25, 0.3) is 0 Å². The lowest BCUT2D eigenvalue weighted by Gasteiger charge is -2.13. The molecule has 0 saturated heterocycles. The largest absolute Gasteiger partial charge is 0.273 e. The average molecular weight is 308 g/mol. The lowest BCUT2D eigenvalue weighted by atomic mass is 9.96. The SMILES string of the molecule is [2H]c1ncnc2c1ccn2C(=O)[C@@H](C)c1ccc(CC(C)C)cc1. The van der Waals surface area contributed by atoms with E-state index < -0.39 is 0 Å². The molecule has 3 aromatic rings. The van der Waals surface area contributed by atoms with Crippen LogP contribution in [0, 0.1) is 5.92 Å². The number of benzene rings is 1. The number of carbonyl (C=O) groups excluding carboxylic acids is 1. The van der Waals surface area contributed by atoms with E-state index in [1.807, 2.05) is 19.1 Å². The van der Waals surface area contributed by atoms with E-state index in [1.165, 1.54) is 16.5 Å². The fourth-order valence-electron chi connectivity index (χ4n) is 2.77. The van der Waals surface area contributed by atoms with E-state index in [4.69, 9.17) is 1.37 Å². The summed E-state index contributed by atoms with van der Waals surface area (Å²) in [5, 5.41) is 0.588. The Kier molecular flexibility index (Phi) is 3.88. The van der Waals surface area contributed by atoms with Crippen molar-refractivity contribution in [3.63, 3.8) is 0 Å². The third kappa shape index (κ3) is 3.16. The second-order valence-corrected chi connectivity index (χ2v) is 6.31.